The minimum Gasteiger partial charge on any atom is -0.497 e. The third-order valence-corrected chi connectivity index (χ3v) is 4.63. The number of amides is 1. The van der Waals surface area contributed by atoms with Crippen molar-refractivity contribution in [3.63, 3.8) is 0 Å². The van der Waals surface area contributed by atoms with Gasteiger partial charge in [-0.25, -0.2) is 19.9 Å². The van der Waals surface area contributed by atoms with Crippen molar-refractivity contribution in [1.82, 2.24) is 19.9 Å². The van der Waals surface area contributed by atoms with Gasteiger partial charge in [-0.3, -0.25) is 4.79 Å². The van der Waals surface area contributed by atoms with E-state index in [-0.39, 0.29) is 12.5 Å². The first-order valence-electron chi connectivity index (χ1n) is 9.59. The average molecular weight is 415 g/mol. The molecule has 2 heterocycles. The van der Waals surface area contributed by atoms with Crippen molar-refractivity contribution in [3.8, 4) is 17.0 Å². The number of carbonyl (C=O) groups excluding carboxylic acids is 1. The van der Waals surface area contributed by atoms with Crippen LogP contribution in [0.5, 0.6) is 5.75 Å². The molecular weight excluding hydrogens is 394 g/mol. The van der Waals surface area contributed by atoms with E-state index in [0.717, 1.165) is 33.5 Å². The molecule has 0 aliphatic heterocycles. The number of anilines is 3. The van der Waals surface area contributed by atoms with Gasteiger partial charge in [-0.15, -0.1) is 0 Å². The first kappa shape index (κ1) is 20.0. The zero-order valence-corrected chi connectivity index (χ0v) is 17.1. The van der Waals surface area contributed by atoms with Crippen LogP contribution < -0.4 is 20.7 Å². The average Bonchev–Trinajstić information content (AvgIpc) is 2.82. The molecule has 4 rings (SSSR count). The van der Waals surface area contributed by atoms with Gasteiger partial charge in [-0.05, 0) is 41.8 Å². The number of benzene rings is 2. The molecule has 0 bridgehead atoms. The van der Waals surface area contributed by atoms with Gasteiger partial charge in [0.05, 0.1) is 19.3 Å². The van der Waals surface area contributed by atoms with Crippen LogP contribution in [0.4, 0.5) is 17.5 Å². The quantitative estimate of drug-likeness (QED) is 0.422. The van der Waals surface area contributed by atoms with Crippen molar-refractivity contribution < 1.29 is 9.53 Å². The molecule has 31 heavy (non-hydrogen) atoms. The summed E-state index contributed by atoms with van der Waals surface area (Å²) in [5.74, 6) is 1.49. The Bertz CT molecular complexity index is 1220. The Morgan fingerprint density at radius 2 is 1.97 bits per heavy atom. The van der Waals surface area contributed by atoms with Crippen LogP contribution in [0, 0.1) is 0 Å². The van der Waals surface area contributed by atoms with E-state index in [9.17, 15) is 4.79 Å². The van der Waals surface area contributed by atoms with E-state index in [4.69, 9.17) is 4.74 Å². The van der Waals surface area contributed by atoms with Crippen LogP contribution in [0.2, 0.25) is 0 Å². The molecule has 0 atom stereocenters. The number of ether oxygens (including phenoxy) is 1. The van der Waals surface area contributed by atoms with Crippen LogP contribution in [-0.4, -0.2) is 46.5 Å². The van der Waals surface area contributed by atoms with Gasteiger partial charge in [0.2, 0.25) is 11.9 Å². The Kier molecular flexibility index (Phi) is 5.84. The van der Waals surface area contributed by atoms with Crippen LogP contribution in [-0.2, 0) is 4.79 Å². The van der Waals surface area contributed by atoms with E-state index >= 15 is 0 Å². The largest absolute Gasteiger partial charge is 0.497 e. The molecule has 156 valence electrons. The van der Waals surface area contributed by atoms with Gasteiger partial charge in [-0.1, -0.05) is 6.07 Å². The fourth-order valence-electron chi connectivity index (χ4n) is 3.13. The van der Waals surface area contributed by atoms with Gasteiger partial charge in [0, 0.05) is 36.1 Å². The second-order valence-corrected chi connectivity index (χ2v) is 6.62. The second kappa shape index (κ2) is 9.04. The maximum Gasteiger partial charge on any atom is 0.244 e. The number of methoxy groups -OCH3 is 1. The van der Waals surface area contributed by atoms with Crippen LogP contribution >= 0.6 is 0 Å². The van der Waals surface area contributed by atoms with Gasteiger partial charge in [0.15, 0.2) is 0 Å². The molecule has 0 aliphatic rings. The Morgan fingerprint density at radius 3 is 2.74 bits per heavy atom. The van der Waals surface area contributed by atoms with Gasteiger partial charge >= 0.3 is 0 Å². The molecule has 1 amide bonds. The Balaban J connectivity index is 1.66. The number of aromatic nitrogens is 4. The topological polar surface area (TPSA) is 114 Å². The Labute approximate surface area is 178 Å². The summed E-state index contributed by atoms with van der Waals surface area (Å²) in [4.78, 5) is 28.9. The molecule has 0 saturated carbocycles. The molecule has 9 heteroatoms. The summed E-state index contributed by atoms with van der Waals surface area (Å²) < 4.78 is 5.38. The van der Waals surface area contributed by atoms with Crippen molar-refractivity contribution in [3.05, 3.63) is 61.2 Å². The molecule has 0 radical (unpaired) electrons. The van der Waals surface area contributed by atoms with Gasteiger partial charge in [0.1, 0.15) is 17.9 Å². The van der Waals surface area contributed by atoms with Crippen molar-refractivity contribution in [2.45, 2.75) is 0 Å². The van der Waals surface area contributed by atoms with E-state index in [1.807, 2.05) is 36.4 Å². The molecule has 2 aromatic carbocycles. The summed E-state index contributed by atoms with van der Waals surface area (Å²) in [7, 11) is 3.40. The summed E-state index contributed by atoms with van der Waals surface area (Å²) in [5, 5.41) is 10.8. The molecule has 9 nitrogen and oxygen atoms in total. The van der Waals surface area contributed by atoms with Crippen molar-refractivity contribution in [1.29, 1.82) is 0 Å². The first-order valence-corrected chi connectivity index (χ1v) is 9.59. The van der Waals surface area contributed by atoms with E-state index in [0.29, 0.717) is 11.8 Å². The molecular formula is C22H21N7O2. The number of hydrogen-bond donors (Lipinski definition) is 3. The fraction of sp³-hybridized carbons (Fsp3) is 0.136. The zero-order chi connectivity index (χ0) is 21.6. The fourth-order valence-corrected chi connectivity index (χ4v) is 3.13. The van der Waals surface area contributed by atoms with Gasteiger partial charge in [-0.2, -0.15) is 0 Å². The number of fused-ring (bicyclic) bond motifs is 1. The van der Waals surface area contributed by atoms with E-state index in [1.54, 1.807) is 32.6 Å². The zero-order valence-electron chi connectivity index (χ0n) is 17.1. The lowest BCUT2D eigenvalue weighted by Gasteiger charge is -2.14. The Hall–Kier alpha value is -4.27. The number of nitrogens with one attached hydrogen (secondary N) is 3. The summed E-state index contributed by atoms with van der Waals surface area (Å²) in [6, 6.07) is 13.3. The summed E-state index contributed by atoms with van der Waals surface area (Å²) in [6.07, 6.45) is 4.66. The molecule has 3 N–H and O–H groups in total. The van der Waals surface area contributed by atoms with Crippen LogP contribution in [0.25, 0.3) is 22.0 Å². The molecule has 0 unspecified atom stereocenters. The lowest BCUT2D eigenvalue weighted by molar-refractivity contribution is -0.114. The van der Waals surface area contributed by atoms with Crippen LogP contribution in [0.15, 0.2) is 61.2 Å². The number of carbonyl (C=O) groups is 1. The standard InChI is InChI=1S/C22H21N7O2/c1-23-22-25-8-5-18(28-22)15-9-14-3-4-16(31-2)11-17(14)19(10-15)26-12-21(30)29-20-6-7-24-13-27-20/h3-11,13,26H,12H2,1-2H3,(H,23,25,28)(H,24,27,29,30). The molecule has 0 spiro atoms. The first-order chi connectivity index (χ1) is 15.2. The molecule has 2 aromatic heterocycles. The van der Waals surface area contributed by atoms with Crippen molar-refractivity contribution >= 4 is 34.1 Å². The third-order valence-electron chi connectivity index (χ3n) is 4.63. The highest BCUT2D eigenvalue weighted by atomic mass is 16.5. The lowest BCUT2D eigenvalue weighted by Crippen LogP contribution is -2.22. The minimum atomic E-state index is -0.223. The van der Waals surface area contributed by atoms with Crippen LogP contribution in [0.3, 0.4) is 0 Å². The van der Waals surface area contributed by atoms with E-state index in [1.165, 1.54) is 6.33 Å². The lowest BCUT2D eigenvalue weighted by atomic mass is 10.0. The highest BCUT2D eigenvalue weighted by Crippen LogP contribution is 2.33. The molecule has 0 fully saturated rings. The number of nitrogens with zero attached hydrogens (tertiary/aromatic N) is 4. The second-order valence-electron chi connectivity index (χ2n) is 6.62. The maximum absolute atomic E-state index is 12.4. The summed E-state index contributed by atoms with van der Waals surface area (Å²) >= 11 is 0. The minimum absolute atomic E-state index is 0.0608. The maximum atomic E-state index is 12.4. The number of rotatable bonds is 7. The Morgan fingerprint density at radius 1 is 1.06 bits per heavy atom. The third kappa shape index (κ3) is 4.67. The van der Waals surface area contributed by atoms with Crippen LogP contribution in [0.1, 0.15) is 0 Å². The predicted molar refractivity (Wildman–Crippen MR) is 120 cm³/mol. The highest BCUT2D eigenvalue weighted by Gasteiger charge is 2.11. The molecule has 0 aliphatic carbocycles. The smallest absolute Gasteiger partial charge is 0.244 e. The van der Waals surface area contributed by atoms with E-state index < -0.39 is 0 Å². The molecule has 4 aromatic rings. The highest BCUT2D eigenvalue weighted by molar-refractivity contribution is 6.00. The number of hydrogen-bond acceptors (Lipinski definition) is 8. The van der Waals surface area contributed by atoms with Crippen molar-refractivity contribution in [2.24, 2.45) is 0 Å². The molecule has 0 saturated heterocycles. The predicted octanol–water partition coefficient (Wildman–Crippen LogP) is 3.19. The summed E-state index contributed by atoms with van der Waals surface area (Å²) in [5.41, 5.74) is 2.45. The summed E-state index contributed by atoms with van der Waals surface area (Å²) in [6.45, 7) is 0.0608. The van der Waals surface area contributed by atoms with Gasteiger partial charge in [0.25, 0.3) is 0 Å². The monoisotopic (exact) mass is 415 g/mol. The van der Waals surface area contributed by atoms with E-state index in [2.05, 4.69) is 35.9 Å². The van der Waals surface area contributed by atoms with Gasteiger partial charge < -0.3 is 20.7 Å². The van der Waals surface area contributed by atoms with Crippen molar-refractivity contribution in [2.75, 3.05) is 36.7 Å². The SMILES string of the molecule is CNc1nccc(-c2cc(NCC(=O)Nc3ccncn3)c3cc(OC)ccc3c2)n1. The normalized spacial score (nSPS) is 10.5.